The van der Waals surface area contributed by atoms with Crippen LogP contribution in [-0.4, -0.2) is 27.0 Å². The predicted octanol–water partition coefficient (Wildman–Crippen LogP) is 1.65. The van der Waals surface area contributed by atoms with Crippen LogP contribution < -0.4 is 5.32 Å². The molecule has 1 aromatic rings. The van der Waals surface area contributed by atoms with Gasteiger partial charge in [-0.25, -0.2) is 4.98 Å². The second-order valence-corrected chi connectivity index (χ2v) is 4.35. The summed E-state index contributed by atoms with van der Waals surface area (Å²) >= 11 is 0. The van der Waals surface area contributed by atoms with Gasteiger partial charge in [0.05, 0.1) is 16.9 Å². The molecule has 18 heavy (non-hydrogen) atoms. The number of anilines is 1. The molecule has 96 valence electrons. The number of nitrogens with one attached hydrogen (secondary N) is 1. The monoisotopic (exact) mass is 251 g/mol. The Labute approximate surface area is 103 Å². The molecule has 1 fully saturated rings. The van der Waals surface area contributed by atoms with E-state index in [2.05, 4.69) is 10.3 Å². The van der Waals surface area contributed by atoms with Gasteiger partial charge in [-0.2, -0.15) is 0 Å². The Morgan fingerprint density at radius 1 is 1.56 bits per heavy atom. The highest BCUT2D eigenvalue weighted by Crippen LogP contribution is 2.28. The molecule has 1 saturated carbocycles. The molecule has 1 aromatic heterocycles. The number of carbonyl (C=O) groups is 1. The van der Waals surface area contributed by atoms with Gasteiger partial charge in [0.2, 0.25) is 0 Å². The third-order valence-electron chi connectivity index (χ3n) is 3.09. The fraction of sp³-hybridized carbons (Fsp3) is 0.455. The maximum atomic E-state index is 10.8. The largest absolute Gasteiger partial charge is 0.481 e. The zero-order chi connectivity index (χ0) is 13.1. The molecular formula is C11H13N3O4. The Kier molecular flexibility index (Phi) is 3.40. The summed E-state index contributed by atoms with van der Waals surface area (Å²) in [7, 11) is 0. The van der Waals surface area contributed by atoms with Crippen LogP contribution in [0.5, 0.6) is 0 Å². The van der Waals surface area contributed by atoms with Crippen molar-refractivity contribution in [2.24, 2.45) is 5.92 Å². The summed E-state index contributed by atoms with van der Waals surface area (Å²) in [5.41, 5.74) is -0.0275. The van der Waals surface area contributed by atoms with Crippen LogP contribution >= 0.6 is 0 Å². The van der Waals surface area contributed by atoms with Gasteiger partial charge in [-0.05, 0) is 19.3 Å². The van der Waals surface area contributed by atoms with Gasteiger partial charge in [-0.3, -0.25) is 14.9 Å². The van der Waals surface area contributed by atoms with E-state index in [4.69, 9.17) is 5.11 Å². The van der Waals surface area contributed by atoms with Gasteiger partial charge in [0, 0.05) is 18.3 Å². The lowest BCUT2D eigenvalue weighted by atomic mass is 10.1. The molecule has 0 unspecified atom stereocenters. The zero-order valence-electron chi connectivity index (χ0n) is 9.57. The van der Waals surface area contributed by atoms with E-state index in [0.29, 0.717) is 18.7 Å². The number of nitrogens with zero attached hydrogens (tertiary/aromatic N) is 2. The fourth-order valence-electron chi connectivity index (χ4n) is 2.16. The lowest BCUT2D eigenvalue weighted by molar-refractivity contribution is -0.384. The van der Waals surface area contributed by atoms with Crippen LogP contribution in [0.15, 0.2) is 18.3 Å². The molecule has 2 atom stereocenters. The molecular weight excluding hydrogens is 238 g/mol. The fourth-order valence-corrected chi connectivity index (χ4v) is 2.16. The molecule has 2 N–H and O–H groups in total. The molecule has 7 nitrogen and oxygen atoms in total. The van der Waals surface area contributed by atoms with E-state index in [0.717, 1.165) is 6.42 Å². The Hall–Kier alpha value is -2.18. The third kappa shape index (κ3) is 2.73. The van der Waals surface area contributed by atoms with Gasteiger partial charge in [0.15, 0.2) is 0 Å². The summed E-state index contributed by atoms with van der Waals surface area (Å²) in [6.45, 7) is 0. The lowest BCUT2D eigenvalue weighted by Gasteiger charge is -2.12. The molecule has 0 spiro atoms. The number of hydrogen-bond acceptors (Lipinski definition) is 5. The van der Waals surface area contributed by atoms with Crippen molar-refractivity contribution >= 4 is 17.5 Å². The van der Waals surface area contributed by atoms with Crippen LogP contribution in [0.3, 0.4) is 0 Å². The number of carboxylic acids is 1. The van der Waals surface area contributed by atoms with Gasteiger partial charge in [-0.15, -0.1) is 0 Å². The first-order valence-electron chi connectivity index (χ1n) is 5.66. The van der Waals surface area contributed by atoms with Crippen molar-refractivity contribution in [1.29, 1.82) is 0 Å². The van der Waals surface area contributed by atoms with Gasteiger partial charge in [0.25, 0.3) is 5.69 Å². The van der Waals surface area contributed by atoms with E-state index >= 15 is 0 Å². The summed E-state index contributed by atoms with van der Waals surface area (Å²) in [5, 5.41) is 22.5. The number of nitro groups is 1. The minimum Gasteiger partial charge on any atom is -0.481 e. The van der Waals surface area contributed by atoms with Crippen LogP contribution in [0.1, 0.15) is 19.3 Å². The van der Waals surface area contributed by atoms with Crippen molar-refractivity contribution in [3.8, 4) is 0 Å². The van der Waals surface area contributed by atoms with Gasteiger partial charge >= 0.3 is 5.97 Å². The normalized spacial score (nSPS) is 22.7. The maximum Gasteiger partial charge on any atom is 0.306 e. The first-order chi connectivity index (χ1) is 8.56. The SMILES string of the molecule is O=C(O)[C@@H]1CC[C@H](Nc2cc([N+](=O)[O-])ccn2)C1. The van der Waals surface area contributed by atoms with E-state index in [1.54, 1.807) is 0 Å². The summed E-state index contributed by atoms with van der Waals surface area (Å²) < 4.78 is 0. The molecule has 1 heterocycles. The Morgan fingerprint density at radius 3 is 2.94 bits per heavy atom. The van der Waals surface area contributed by atoms with Crippen molar-refractivity contribution in [1.82, 2.24) is 4.98 Å². The molecule has 0 bridgehead atoms. The van der Waals surface area contributed by atoms with Crippen molar-refractivity contribution in [3.63, 3.8) is 0 Å². The summed E-state index contributed by atoms with van der Waals surface area (Å²) in [5.74, 6) is -0.701. The molecule has 0 radical (unpaired) electrons. The highest BCUT2D eigenvalue weighted by molar-refractivity contribution is 5.70. The Morgan fingerprint density at radius 2 is 2.33 bits per heavy atom. The summed E-state index contributed by atoms with van der Waals surface area (Å²) in [4.78, 5) is 24.9. The second-order valence-electron chi connectivity index (χ2n) is 4.35. The number of aromatic nitrogens is 1. The highest BCUT2D eigenvalue weighted by atomic mass is 16.6. The van der Waals surface area contributed by atoms with Crippen LogP contribution in [0.4, 0.5) is 11.5 Å². The van der Waals surface area contributed by atoms with Crippen LogP contribution in [0.2, 0.25) is 0 Å². The molecule has 1 aliphatic rings. The number of rotatable bonds is 4. The van der Waals surface area contributed by atoms with Crippen LogP contribution in [0.25, 0.3) is 0 Å². The molecule has 2 rings (SSSR count). The van der Waals surface area contributed by atoms with E-state index in [1.165, 1.54) is 18.3 Å². The van der Waals surface area contributed by atoms with Gasteiger partial charge < -0.3 is 10.4 Å². The number of hydrogen-bond donors (Lipinski definition) is 2. The number of aliphatic carboxylic acids is 1. The standard InChI is InChI=1S/C11H13N3O4/c15-11(16)7-1-2-8(5-7)13-10-6-9(14(17)18)3-4-12-10/h3-4,6-8H,1-2,5H2,(H,12,13)(H,15,16)/t7-,8+/m1/s1. The van der Waals surface area contributed by atoms with Crippen molar-refractivity contribution < 1.29 is 14.8 Å². The predicted molar refractivity (Wildman–Crippen MR) is 63.3 cm³/mol. The average Bonchev–Trinajstić information content (AvgIpc) is 2.78. The topological polar surface area (TPSA) is 105 Å². The second kappa shape index (κ2) is 4.99. The van der Waals surface area contributed by atoms with Crippen molar-refractivity contribution in [2.45, 2.75) is 25.3 Å². The lowest BCUT2D eigenvalue weighted by Crippen LogP contribution is -2.18. The third-order valence-corrected chi connectivity index (χ3v) is 3.09. The minimum atomic E-state index is -0.786. The van der Waals surface area contributed by atoms with E-state index < -0.39 is 10.9 Å². The Balaban J connectivity index is 2.00. The first kappa shape index (κ1) is 12.3. The van der Waals surface area contributed by atoms with Crippen LogP contribution in [0, 0.1) is 16.0 Å². The average molecular weight is 251 g/mol. The van der Waals surface area contributed by atoms with E-state index in [9.17, 15) is 14.9 Å². The molecule has 1 aliphatic carbocycles. The van der Waals surface area contributed by atoms with Gasteiger partial charge in [0.1, 0.15) is 5.82 Å². The zero-order valence-corrected chi connectivity index (χ0v) is 9.57. The molecule has 0 aliphatic heterocycles. The van der Waals surface area contributed by atoms with Gasteiger partial charge in [-0.1, -0.05) is 0 Å². The van der Waals surface area contributed by atoms with Crippen molar-refractivity contribution in [3.05, 3.63) is 28.4 Å². The smallest absolute Gasteiger partial charge is 0.306 e. The molecule has 7 heteroatoms. The quantitative estimate of drug-likeness (QED) is 0.622. The number of carboxylic acid groups (broad SMARTS) is 1. The molecule has 0 saturated heterocycles. The van der Waals surface area contributed by atoms with Crippen LogP contribution in [-0.2, 0) is 4.79 Å². The summed E-state index contributed by atoms with van der Waals surface area (Å²) in [6.07, 6.45) is 3.26. The maximum absolute atomic E-state index is 10.8. The van der Waals surface area contributed by atoms with E-state index in [1.807, 2.05) is 0 Å². The van der Waals surface area contributed by atoms with E-state index in [-0.39, 0.29) is 17.6 Å². The van der Waals surface area contributed by atoms with Crippen molar-refractivity contribution in [2.75, 3.05) is 5.32 Å². The Bertz CT molecular complexity index is 477. The minimum absolute atomic E-state index is 0.0144. The molecule has 0 aromatic carbocycles. The molecule has 0 amide bonds. The highest BCUT2D eigenvalue weighted by Gasteiger charge is 2.29. The first-order valence-corrected chi connectivity index (χ1v) is 5.66. The summed E-state index contributed by atoms with van der Waals surface area (Å²) in [6, 6.07) is 2.69. The number of pyridine rings is 1.